The Morgan fingerprint density at radius 1 is 1.44 bits per heavy atom. The molecule has 1 aromatic carbocycles. The van der Waals surface area contributed by atoms with E-state index in [-0.39, 0.29) is 11.9 Å². The van der Waals surface area contributed by atoms with Crippen molar-refractivity contribution in [2.75, 3.05) is 5.73 Å². The Balaban J connectivity index is 2.83. The maximum atomic E-state index is 11.9. The minimum absolute atomic E-state index is 0.0760. The molecular weight excluding hydrogens is 268 g/mol. The van der Waals surface area contributed by atoms with E-state index in [9.17, 15) is 4.79 Å². The normalized spacial score (nSPS) is 10.5. The van der Waals surface area contributed by atoms with Gasteiger partial charge in [0.25, 0.3) is 5.91 Å². The van der Waals surface area contributed by atoms with E-state index in [1.165, 1.54) is 0 Å². The molecule has 0 fully saturated rings. The quantitative estimate of drug-likeness (QED) is 0.836. The minimum atomic E-state index is -0.0760. The van der Waals surface area contributed by atoms with Crippen LogP contribution in [0.15, 0.2) is 22.7 Å². The minimum Gasteiger partial charge on any atom is -0.399 e. The molecule has 3 N–H and O–H groups in total. The Hall–Kier alpha value is -1.03. The summed E-state index contributed by atoms with van der Waals surface area (Å²) in [5, 5.41) is 2.98. The largest absolute Gasteiger partial charge is 0.399 e. The maximum Gasteiger partial charge on any atom is 0.252 e. The molecule has 0 unspecified atom stereocenters. The van der Waals surface area contributed by atoms with Crippen LogP contribution in [0.25, 0.3) is 0 Å². The molecule has 88 valence electrons. The van der Waals surface area contributed by atoms with Gasteiger partial charge in [-0.25, -0.2) is 0 Å². The van der Waals surface area contributed by atoms with Gasteiger partial charge in [0.2, 0.25) is 0 Å². The third-order valence-corrected chi connectivity index (χ3v) is 3.25. The highest BCUT2D eigenvalue weighted by atomic mass is 79.9. The van der Waals surface area contributed by atoms with Crippen LogP contribution in [0.2, 0.25) is 0 Å². The summed E-state index contributed by atoms with van der Waals surface area (Å²) in [6, 6.07) is 5.46. The number of halogens is 1. The zero-order chi connectivity index (χ0) is 12.1. The van der Waals surface area contributed by atoms with Gasteiger partial charge in [-0.3, -0.25) is 4.79 Å². The highest BCUT2D eigenvalue weighted by Crippen LogP contribution is 2.19. The van der Waals surface area contributed by atoms with Crippen LogP contribution >= 0.6 is 15.9 Å². The molecule has 0 bridgehead atoms. The fourth-order valence-electron chi connectivity index (χ4n) is 1.47. The number of nitrogen functional groups attached to an aromatic ring is 1. The zero-order valence-electron chi connectivity index (χ0n) is 9.59. The van der Waals surface area contributed by atoms with Gasteiger partial charge in [0.1, 0.15) is 0 Å². The van der Waals surface area contributed by atoms with Crippen LogP contribution in [0.5, 0.6) is 0 Å². The summed E-state index contributed by atoms with van der Waals surface area (Å²) in [7, 11) is 0. The molecule has 0 saturated carbocycles. The first-order valence-electron chi connectivity index (χ1n) is 5.44. The van der Waals surface area contributed by atoms with Gasteiger partial charge in [0.15, 0.2) is 0 Å². The van der Waals surface area contributed by atoms with Gasteiger partial charge in [0, 0.05) is 16.2 Å². The molecule has 0 atom stereocenters. The van der Waals surface area contributed by atoms with Crippen LogP contribution in [0.3, 0.4) is 0 Å². The van der Waals surface area contributed by atoms with E-state index < -0.39 is 0 Å². The second kappa shape index (κ2) is 5.89. The molecule has 0 aliphatic heterocycles. The van der Waals surface area contributed by atoms with Crippen molar-refractivity contribution in [1.82, 2.24) is 5.32 Å². The molecule has 16 heavy (non-hydrogen) atoms. The first kappa shape index (κ1) is 13.0. The summed E-state index contributed by atoms with van der Waals surface area (Å²) in [6.07, 6.45) is 1.87. The Kier molecular flexibility index (Phi) is 4.80. The number of nitrogens with one attached hydrogen (secondary N) is 1. The van der Waals surface area contributed by atoms with Crippen molar-refractivity contribution in [1.29, 1.82) is 0 Å². The summed E-state index contributed by atoms with van der Waals surface area (Å²) < 4.78 is 0.769. The molecule has 0 aromatic heterocycles. The van der Waals surface area contributed by atoms with Crippen LogP contribution in [0, 0.1) is 0 Å². The van der Waals surface area contributed by atoms with E-state index in [1.54, 1.807) is 18.2 Å². The molecule has 0 heterocycles. The highest BCUT2D eigenvalue weighted by Gasteiger charge is 2.13. The predicted molar refractivity (Wildman–Crippen MR) is 70.4 cm³/mol. The van der Waals surface area contributed by atoms with Gasteiger partial charge in [-0.05, 0) is 47.0 Å². The molecule has 0 radical (unpaired) electrons. The number of benzene rings is 1. The van der Waals surface area contributed by atoms with Crippen molar-refractivity contribution >= 4 is 27.5 Å². The van der Waals surface area contributed by atoms with E-state index in [1.807, 2.05) is 0 Å². The van der Waals surface area contributed by atoms with Gasteiger partial charge in [-0.2, -0.15) is 0 Å². The summed E-state index contributed by atoms with van der Waals surface area (Å²) in [4.78, 5) is 11.9. The molecule has 1 amide bonds. The smallest absolute Gasteiger partial charge is 0.252 e. The Bertz CT molecular complexity index is 375. The van der Waals surface area contributed by atoms with E-state index in [2.05, 4.69) is 35.1 Å². The molecular formula is C12H17BrN2O. The van der Waals surface area contributed by atoms with Crippen LogP contribution in [-0.4, -0.2) is 11.9 Å². The first-order valence-corrected chi connectivity index (χ1v) is 6.23. The predicted octanol–water partition coefficient (Wildman–Crippen LogP) is 2.95. The molecule has 0 saturated heterocycles. The second-order valence-electron chi connectivity index (χ2n) is 3.73. The van der Waals surface area contributed by atoms with Gasteiger partial charge >= 0.3 is 0 Å². The summed E-state index contributed by atoms with van der Waals surface area (Å²) in [5.41, 5.74) is 6.85. The van der Waals surface area contributed by atoms with Crippen molar-refractivity contribution in [3.05, 3.63) is 28.2 Å². The van der Waals surface area contributed by atoms with Gasteiger partial charge in [-0.1, -0.05) is 13.8 Å². The SMILES string of the molecule is CCC(CC)NC(=O)c1cc(N)ccc1Br. The number of carbonyl (C=O) groups is 1. The lowest BCUT2D eigenvalue weighted by molar-refractivity contribution is 0.0934. The third-order valence-electron chi connectivity index (χ3n) is 2.56. The maximum absolute atomic E-state index is 11.9. The number of amides is 1. The van der Waals surface area contributed by atoms with Crippen molar-refractivity contribution < 1.29 is 4.79 Å². The average Bonchev–Trinajstić information content (AvgIpc) is 2.28. The highest BCUT2D eigenvalue weighted by molar-refractivity contribution is 9.10. The fraction of sp³-hybridized carbons (Fsp3) is 0.417. The van der Waals surface area contributed by atoms with Gasteiger partial charge < -0.3 is 11.1 Å². The Labute approximate surface area is 105 Å². The molecule has 0 spiro atoms. The lowest BCUT2D eigenvalue weighted by atomic mass is 10.1. The lowest BCUT2D eigenvalue weighted by Crippen LogP contribution is -2.34. The average molecular weight is 285 g/mol. The first-order chi connectivity index (χ1) is 7.58. The van der Waals surface area contributed by atoms with Crippen LogP contribution in [0.4, 0.5) is 5.69 Å². The molecule has 3 nitrogen and oxygen atoms in total. The van der Waals surface area contributed by atoms with Crippen molar-refractivity contribution in [3.8, 4) is 0 Å². The number of hydrogen-bond donors (Lipinski definition) is 2. The molecule has 0 aliphatic rings. The second-order valence-corrected chi connectivity index (χ2v) is 4.58. The van der Waals surface area contributed by atoms with Crippen LogP contribution in [-0.2, 0) is 0 Å². The monoisotopic (exact) mass is 284 g/mol. The van der Waals surface area contributed by atoms with Gasteiger partial charge in [0.05, 0.1) is 5.56 Å². The molecule has 1 aromatic rings. The molecule has 0 aliphatic carbocycles. The van der Waals surface area contributed by atoms with Crippen LogP contribution < -0.4 is 11.1 Å². The lowest BCUT2D eigenvalue weighted by Gasteiger charge is -2.15. The molecule has 4 heteroatoms. The summed E-state index contributed by atoms with van der Waals surface area (Å²) in [5.74, 6) is -0.0760. The Morgan fingerprint density at radius 2 is 2.06 bits per heavy atom. The zero-order valence-corrected chi connectivity index (χ0v) is 11.2. The number of rotatable bonds is 4. The van der Waals surface area contributed by atoms with Crippen molar-refractivity contribution in [2.45, 2.75) is 32.7 Å². The van der Waals surface area contributed by atoms with E-state index in [4.69, 9.17) is 5.73 Å². The number of anilines is 1. The third kappa shape index (κ3) is 3.23. The molecule has 1 rings (SSSR count). The number of nitrogens with two attached hydrogens (primary N) is 1. The number of hydrogen-bond acceptors (Lipinski definition) is 2. The van der Waals surface area contributed by atoms with Gasteiger partial charge in [-0.15, -0.1) is 0 Å². The fourth-order valence-corrected chi connectivity index (χ4v) is 1.90. The van der Waals surface area contributed by atoms with Crippen molar-refractivity contribution in [3.63, 3.8) is 0 Å². The van der Waals surface area contributed by atoms with Crippen molar-refractivity contribution in [2.24, 2.45) is 0 Å². The Morgan fingerprint density at radius 3 is 2.62 bits per heavy atom. The number of carbonyl (C=O) groups excluding carboxylic acids is 1. The van der Waals surface area contributed by atoms with E-state index >= 15 is 0 Å². The summed E-state index contributed by atoms with van der Waals surface area (Å²) in [6.45, 7) is 4.12. The van der Waals surface area contributed by atoms with E-state index in [0.717, 1.165) is 17.3 Å². The van der Waals surface area contributed by atoms with Crippen LogP contribution in [0.1, 0.15) is 37.0 Å². The standard InChI is InChI=1S/C12H17BrN2O/c1-3-9(4-2)15-12(16)10-7-8(14)5-6-11(10)13/h5-7,9H,3-4,14H2,1-2H3,(H,15,16). The van der Waals surface area contributed by atoms with E-state index in [0.29, 0.717) is 11.3 Å². The summed E-state index contributed by atoms with van der Waals surface area (Å²) >= 11 is 3.35. The topological polar surface area (TPSA) is 55.1 Å².